The van der Waals surface area contributed by atoms with Crippen LogP contribution >= 0.6 is 11.6 Å². The summed E-state index contributed by atoms with van der Waals surface area (Å²) in [5.41, 5.74) is 2.37. The molecule has 0 radical (unpaired) electrons. The fourth-order valence-corrected chi connectivity index (χ4v) is 5.15. The molecule has 3 heterocycles. The van der Waals surface area contributed by atoms with Gasteiger partial charge in [0.15, 0.2) is 0 Å². The van der Waals surface area contributed by atoms with Crippen molar-refractivity contribution in [3.05, 3.63) is 65.2 Å². The Bertz CT molecular complexity index is 1120. The highest BCUT2D eigenvalue weighted by Crippen LogP contribution is 2.48. The Morgan fingerprint density at radius 3 is 2.53 bits per heavy atom. The smallest absolute Gasteiger partial charge is 0.247 e. The van der Waals surface area contributed by atoms with E-state index < -0.39 is 17.9 Å². The number of benzene rings is 2. The van der Waals surface area contributed by atoms with Gasteiger partial charge < -0.3 is 15.0 Å². The average Bonchev–Trinajstić information content (AvgIpc) is 3.27. The summed E-state index contributed by atoms with van der Waals surface area (Å²) in [6.45, 7) is 0.436. The average molecular weight is 452 g/mol. The van der Waals surface area contributed by atoms with Crippen LogP contribution in [0.4, 0.5) is 11.4 Å². The van der Waals surface area contributed by atoms with E-state index in [0.29, 0.717) is 10.7 Å². The van der Waals surface area contributed by atoms with Crippen LogP contribution in [0.5, 0.6) is 0 Å². The van der Waals surface area contributed by atoms with Gasteiger partial charge in [-0.15, -0.1) is 0 Å². The molecule has 0 spiro atoms. The monoisotopic (exact) mass is 451 g/mol. The van der Waals surface area contributed by atoms with Crippen LogP contribution in [0.3, 0.4) is 0 Å². The SMILES string of the molecule is COCCN1C(=O)[C@@H]2[C@H](C1=O)[C@H](C(=O)Nc1ccc(Cl)cc1)N1c3ccccc3C=C[C@H]21. The lowest BCUT2D eigenvalue weighted by Gasteiger charge is -2.36. The molecule has 3 amide bonds. The zero-order valence-corrected chi connectivity index (χ0v) is 18.2. The number of para-hydroxylation sites is 1. The lowest BCUT2D eigenvalue weighted by molar-refractivity contribution is -0.141. The fraction of sp³-hybridized carbons (Fsp3) is 0.292. The van der Waals surface area contributed by atoms with Crippen LogP contribution in [0.2, 0.25) is 5.02 Å². The zero-order valence-electron chi connectivity index (χ0n) is 17.4. The van der Waals surface area contributed by atoms with E-state index in [0.717, 1.165) is 11.3 Å². The Labute approximate surface area is 190 Å². The molecule has 0 unspecified atom stereocenters. The lowest BCUT2D eigenvalue weighted by Crippen LogP contribution is -2.50. The molecule has 7 nitrogen and oxygen atoms in total. The highest BCUT2D eigenvalue weighted by molar-refractivity contribution is 6.30. The van der Waals surface area contributed by atoms with Gasteiger partial charge in [-0.3, -0.25) is 19.3 Å². The first-order valence-electron chi connectivity index (χ1n) is 10.5. The number of halogens is 1. The lowest BCUT2D eigenvalue weighted by atomic mass is 9.88. The van der Waals surface area contributed by atoms with Crippen LogP contribution in [0.1, 0.15) is 5.56 Å². The number of anilines is 2. The summed E-state index contributed by atoms with van der Waals surface area (Å²) < 4.78 is 5.08. The van der Waals surface area contributed by atoms with Crippen molar-refractivity contribution in [1.82, 2.24) is 4.90 Å². The third-order valence-corrected chi connectivity index (χ3v) is 6.66. The molecule has 2 aromatic carbocycles. The summed E-state index contributed by atoms with van der Waals surface area (Å²) in [7, 11) is 1.52. The summed E-state index contributed by atoms with van der Waals surface area (Å²) in [4.78, 5) is 43.4. The van der Waals surface area contributed by atoms with Crippen molar-refractivity contribution in [2.45, 2.75) is 12.1 Å². The number of imide groups is 1. The fourth-order valence-electron chi connectivity index (χ4n) is 5.03. The number of carbonyl (C=O) groups excluding carboxylic acids is 3. The van der Waals surface area contributed by atoms with Gasteiger partial charge in [-0.05, 0) is 35.9 Å². The molecule has 2 saturated heterocycles. The van der Waals surface area contributed by atoms with Crippen molar-refractivity contribution >= 4 is 46.8 Å². The number of fused-ring (bicyclic) bond motifs is 5. The maximum absolute atomic E-state index is 13.6. The molecule has 0 bridgehead atoms. The molecule has 164 valence electrons. The molecular formula is C24H22ClN3O4. The number of likely N-dealkylation sites (tertiary alicyclic amines) is 1. The highest BCUT2D eigenvalue weighted by Gasteiger charge is 2.63. The van der Waals surface area contributed by atoms with Crippen molar-refractivity contribution < 1.29 is 19.1 Å². The summed E-state index contributed by atoms with van der Waals surface area (Å²) in [5.74, 6) is -2.30. The molecule has 32 heavy (non-hydrogen) atoms. The van der Waals surface area contributed by atoms with E-state index >= 15 is 0 Å². The first-order valence-corrected chi connectivity index (χ1v) is 10.8. The molecule has 4 atom stereocenters. The van der Waals surface area contributed by atoms with Crippen LogP contribution < -0.4 is 10.2 Å². The minimum Gasteiger partial charge on any atom is -0.383 e. The largest absolute Gasteiger partial charge is 0.383 e. The first-order chi connectivity index (χ1) is 15.5. The molecule has 0 aromatic heterocycles. The number of nitrogens with zero attached hydrogens (tertiary/aromatic N) is 2. The molecule has 5 rings (SSSR count). The van der Waals surface area contributed by atoms with E-state index in [1.807, 2.05) is 41.3 Å². The van der Waals surface area contributed by atoms with Crippen molar-refractivity contribution in [2.24, 2.45) is 11.8 Å². The topological polar surface area (TPSA) is 78.9 Å². The number of methoxy groups -OCH3 is 1. The van der Waals surface area contributed by atoms with Gasteiger partial charge in [0.2, 0.25) is 17.7 Å². The van der Waals surface area contributed by atoms with Crippen LogP contribution in [0, 0.1) is 11.8 Å². The van der Waals surface area contributed by atoms with Gasteiger partial charge >= 0.3 is 0 Å². The van der Waals surface area contributed by atoms with Gasteiger partial charge in [0.05, 0.1) is 31.0 Å². The van der Waals surface area contributed by atoms with Crippen LogP contribution in [-0.2, 0) is 19.1 Å². The van der Waals surface area contributed by atoms with Crippen LogP contribution in [0.25, 0.3) is 6.08 Å². The molecule has 2 fully saturated rings. The minimum absolute atomic E-state index is 0.180. The Balaban J connectivity index is 1.55. The summed E-state index contributed by atoms with van der Waals surface area (Å²) in [6, 6.07) is 13.3. The maximum atomic E-state index is 13.6. The molecular weight excluding hydrogens is 430 g/mol. The van der Waals surface area contributed by atoms with Gasteiger partial charge in [0.25, 0.3) is 0 Å². The van der Waals surface area contributed by atoms with E-state index in [2.05, 4.69) is 5.32 Å². The Hall–Kier alpha value is -3.16. The van der Waals surface area contributed by atoms with Crippen molar-refractivity contribution in [3.8, 4) is 0 Å². The number of ether oxygens (including phenoxy) is 1. The molecule has 3 aliphatic rings. The van der Waals surface area contributed by atoms with E-state index in [1.54, 1.807) is 24.3 Å². The Kier molecular flexibility index (Phi) is 5.23. The van der Waals surface area contributed by atoms with Gasteiger partial charge in [0, 0.05) is 23.5 Å². The first kappa shape index (κ1) is 20.7. The van der Waals surface area contributed by atoms with E-state index in [-0.39, 0.29) is 36.9 Å². The predicted molar refractivity (Wildman–Crippen MR) is 121 cm³/mol. The summed E-state index contributed by atoms with van der Waals surface area (Å²) in [6.07, 6.45) is 3.89. The summed E-state index contributed by atoms with van der Waals surface area (Å²) in [5, 5.41) is 3.47. The second-order valence-corrected chi connectivity index (χ2v) is 8.57. The standard InChI is InChI=1S/C24H22ClN3O4/c1-32-13-12-27-23(30)19-18-11-6-14-4-2-3-5-17(14)28(18)21(20(19)24(27)31)22(29)26-16-9-7-15(25)8-10-16/h2-11,18-21H,12-13H2,1H3,(H,26,29)/t18-,19+,20+,21-/m1/s1. The molecule has 3 aliphatic heterocycles. The second kappa shape index (κ2) is 8.07. The van der Waals surface area contributed by atoms with Gasteiger partial charge in [-0.25, -0.2) is 0 Å². The van der Waals surface area contributed by atoms with E-state index in [1.165, 1.54) is 12.0 Å². The Morgan fingerprint density at radius 1 is 1.06 bits per heavy atom. The molecule has 8 heteroatoms. The molecule has 0 saturated carbocycles. The molecule has 1 N–H and O–H groups in total. The number of amides is 3. The summed E-state index contributed by atoms with van der Waals surface area (Å²) >= 11 is 5.96. The Morgan fingerprint density at radius 2 is 1.78 bits per heavy atom. The van der Waals surface area contributed by atoms with Crippen molar-refractivity contribution in [2.75, 3.05) is 30.5 Å². The van der Waals surface area contributed by atoms with E-state index in [4.69, 9.17) is 16.3 Å². The maximum Gasteiger partial charge on any atom is 0.247 e. The number of nitrogens with one attached hydrogen (secondary N) is 1. The number of rotatable bonds is 5. The zero-order chi connectivity index (χ0) is 22.4. The minimum atomic E-state index is -0.823. The van der Waals surface area contributed by atoms with Crippen molar-refractivity contribution in [1.29, 1.82) is 0 Å². The van der Waals surface area contributed by atoms with Gasteiger partial charge in [-0.2, -0.15) is 0 Å². The van der Waals surface area contributed by atoms with E-state index in [9.17, 15) is 14.4 Å². The quantitative estimate of drug-likeness (QED) is 0.707. The van der Waals surface area contributed by atoms with Crippen LogP contribution in [-0.4, -0.2) is 55.0 Å². The highest BCUT2D eigenvalue weighted by atomic mass is 35.5. The van der Waals surface area contributed by atoms with Gasteiger partial charge in [-0.1, -0.05) is 42.0 Å². The molecule has 2 aromatic rings. The predicted octanol–water partition coefficient (Wildman–Crippen LogP) is 2.81. The second-order valence-electron chi connectivity index (χ2n) is 8.13. The third-order valence-electron chi connectivity index (χ3n) is 6.41. The number of carbonyl (C=O) groups is 3. The normalized spacial score (nSPS) is 25.6. The third kappa shape index (κ3) is 3.20. The van der Waals surface area contributed by atoms with Crippen LogP contribution in [0.15, 0.2) is 54.6 Å². The van der Waals surface area contributed by atoms with Gasteiger partial charge in [0.1, 0.15) is 6.04 Å². The van der Waals surface area contributed by atoms with Crippen molar-refractivity contribution in [3.63, 3.8) is 0 Å². The molecule has 0 aliphatic carbocycles. The number of hydrogen-bond donors (Lipinski definition) is 1. The number of hydrogen-bond acceptors (Lipinski definition) is 5.